The van der Waals surface area contributed by atoms with Crippen LogP contribution in [0.5, 0.6) is 5.75 Å². The van der Waals surface area contributed by atoms with Crippen LogP contribution in [0.2, 0.25) is 0 Å². The van der Waals surface area contributed by atoms with Crippen LogP contribution in [0.3, 0.4) is 0 Å². The number of esters is 1. The summed E-state index contributed by atoms with van der Waals surface area (Å²) in [5.74, 6) is -2.35. The lowest BCUT2D eigenvalue weighted by Gasteiger charge is -2.25. The van der Waals surface area contributed by atoms with Crippen LogP contribution in [0.25, 0.3) is 5.57 Å². The topological polar surface area (TPSA) is 101 Å². The van der Waals surface area contributed by atoms with Crippen LogP contribution >= 0.6 is 0 Å². The first-order valence-corrected chi connectivity index (χ1v) is 12.1. The van der Waals surface area contributed by atoms with Gasteiger partial charge in [0.25, 0.3) is 0 Å². The molecule has 0 aromatic heterocycles. The number of hydrogen-bond acceptors (Lipinski definition) is 6. The van der Waals surface area contributed by atoms with E-state index in [0.29, 0.717) is 36.0 Å². The molecular weight excluding hydrogens is 506 g/mol. The Bertz CT molecular complexity index is 1270. The van der Waals surface area contributed by atoms with Gasteiger partial charge in [-0.15, -0.1) is 13.2 Å². The molecule has 0 atom stereocenters. The van der Waals surface area contributed by atoms with Gasteiger partial charge < -0.3 is 25.5 Å². The van der Waals surface area contributed by atoms with Crippen molar-refractivity contribution < 1.29 is 36.6 Å². The lowest BCUT2D eigenvalue weighted by atomic mass is 9.85. The van der Waals surface area contributed by atoms with Crippen LogP contribution in [0, 0.1) is 17.1 Å². The second kappa shape index (κ2) is 10.8. The molecule has 2 aromatic rings. The molecule has 0 radical (unpaired) electrons. The summed E-state index contributed by atoms with van der Waals surface area (Å²) >= 11 is 0. The van der Waals surface area contributed by atoms with Crippen molar-refractivity contribution in [2.75, 3.05) is 19.0 Å². The van der Waals surface area contributed by atoms with E-state index in [1.54, 1.807) is 18.3 Å². The molecule has 7 nitrogen and oxygen atoms in total. The van der Waals surface area contributed by atoms with Crippen molar-refractivity contribution in [1.29, 1.82) is 5.41 Å². The molecule has 11 heteroatoms. The summed E-state index contributed by atoms with van der Waals surface area (Å²) in [7, 11) is 1.22. The number of amides is 1. The van der Waals surface area contributed by atoms with Gasteiger partial charge in [0, 0.05) is 41.8 Å². The Labute approximate surface area is 216 Å². The number of hydrogen-bond donors (Lipinski definition) is 3. The first-order chi connectivity index (χ1) is 18.1. The van der Waals surface area contributed by atoms with Crippen LogP contribution in [-0.2, 0) is 14.9 Å². The molecule has 38 heavy (non-hydrogen) atoms. The summed E-state index contributed by atoms with van der Waals surface area (Å²) in [6.45, 7) is 0.765. The molecule has 0 unspecified atom stereocenters. The number of anilines is 1. The molecule has 4 rings (SSSR count). The quantitative estimate of drug-likeness (QED) is 0.211. The van der Waals surface area contributed by atoms with E-state index in [9.17, 15) is 27.2 Å². The average Bonchev–Trinajstić information content (AvgIpc) is 3.64. The second-order valence-corrected chi connectivity index (χ2v) is 9.43. The Morgan fingerprint density at radius 1 is 1.13 bits per heavy atom. The van der Waals surface area contributed by atoms with E-state index in [1.165, 1.54) is 19.6 Å². The summed E-state index contributed by atoms with van der Waals surface area (Å²) in [6.07, 6.45) is 1.92. The van der Waals surface area contributed by atoms with E-state index >= 15 is 0 Å². The molecule has 2 aromatic carbocycles. The van der Waals surface area contributed by atoms with Gasteiger partial charge in [0.2, 0.25) is 5.91 Å². The molecule has 2 saturated carbocycles. The Hall–Kier alpha value is -3.89. The Kier molecular flexibility index (Phi) is 7.75. The van der Waals surface area contributed by atoms with Crippen molar-refractivity contribution in [1.82, 2.24) is 5.32 Å². The number of rotatable bonds is 10. The standard InChI is InChI=1S/C27H27F4N3O4/c1-37-24(35)21-11-18(5-7-20(21)17(13-32)15-33-14-16-3-2-4-16)34-25(36)26(9-10-26)22-8-6-19(12-23(22)28)38-27(29,30)31/h5-8,11-13,15-16,32-33H,2-4,9-10,14H2,1H3,(H,34,36)/b17-15+,32-13?. The third-order valence-corrected chi connectivity index (χ3v) is 6.91. The van der Waals surface area contributed by atoms with Crippen LogP contribution in [0.4, 0.5) is 23.2 Å². The SMILES string of the molecule is COC(=O)c1cc(NC(=O)C2(c3ccc(OC(F)(F)F)cc3F)CC2)ccc1/C(C=N)=C/NCC1CCC1. The van der Waals surface area contributed by atoms with Crippen molar-refractivity contribution in [3.63, 3.8) is 0 Å². The molecule has 2 aliphatic rings. The second-order valence-electron chi connectivity index (χ2n) is 9.43. The summed E-state index contributed by atoms with van der Waals surface area (Å²) < 4.78 is 60.7. The lowest BCUT2D eigenvalue weighted by molar-refractivity contribution is -0.274. The number of allylic oxidation sites excluding steroid dienone is 1. The fraction of sp³-hybridized carbons (Fsp3) is 0.370. The summed E-state index contributed by atoms with van der Waals surface area (Å²) in [4.78, 5) is 25.7. The zero-order chi connectivity index (χ0) is 27.5. The van der Waals surface area contributed by atoms with Gasteiger partial charge in [-0.3, -0.25) is 4.79 Å². The fourth-order valence-corrected chi connectivity index (χ4v) is 4.46. The number of halogens is 4. The van der Waals surface area contributed by atoms with E-state index in [-0.39, 0.29) is 16.8 Å². The molecule has 202 valence electrons. The molecule has 0 heterocycles. The normalized spacial score (nSPS) is 16.7. The van der Waals surface area contributed by atoms with Crippen LogP contribution < -0.4 is 15.4 Å². The highest BCUT2D eigenvalue weighted by molar-refractivity contribution is 6.13. The molecule has 0 spiro atoms. The molecule has 0 saturated heterocycles. The predicted octanol–water partition coefficient (Wildman–Crippen LogP) is 5.56. The van der Waals surface area contributed by atoms with Crippen LogP contribution in [0.1, 0.15) is 53.6 Å². The number of ether oxygens (including phenoxy) is 2. The van der Waals surface area contributed by atoms with Crippen LogP contribution in [0.15, 0.2) is 42.6 Å². The van der Waals surface area contributed by atoms with Gasteiger partial charge in [0.15, 0.2) is 0 Å². The number of methoxy groups -OCH3 is 1. The smallest absolute Gasteiger partial charge is 0.465 e. The minimum atomic E-state index is -4.97. The Morgan fingerprint density at radius 2 is 1.87 bits per heavy atom. The van der Waals surface area contributed by atoms with Crippen molar-refractivity contribution in [3.05, 3.63) is 65.1 Å². The molecule has 2 fully saturated rings. The van der Waals surface area contributed by atoms with Crippen molar-refractivity contribution in [2.24, 2.45) is 5.92 Å². The van der Waals surface area contributed by atoms with Gasteiger partial charge >= 0.3 is 12.3 Å². The van der Waals surface area contributed by atoms with Gasteiger partial charge in [-0.25, -0.2) is 9.18 Å². The zero-order valence-corrected chi connectivity index (χ0v) is 20.6. The summed E-state index contributed by atoms with van der Waals surface area (Å²) in [5, 5.41) is 13.7. The number of alkyl halides is 3. The van der Waals surface area contributed by atoms with E-state index < -0.39 is 35.2 Å². The number of benzene rings is 2. The highest BCUT2D eigenvalue weighted by atomic mass is 19.4. The van der Waals surface area contributed by atoms with E-state index in [0.717, 1.165) is 37.7 Å². The van der Waals surface area contributed by atoms with Crippen molar-refractivity contribution >= 4 is 29.4 Å². The monoisotopic (exact) mass is 533 g/mol. The maximum Gasteiger partial charge on any atom is 0.573 e. The van der Waals surface area contributed by atoms with Gasteiger partial charge in [0.1, 0.15) is 11.6 Å². The first-order valence-electron chi connectivity index (χ1n) is 12.1. The van der Waals surface area contributed by atoms with E-state index in [4.69, 9.17) is 10.1 Å². The third-order valence-electron chi connectivity index (χ3n) is 6.91. The average molecular weight is 534 g/mol. The molecule has 2 aliphatic carbocycles. The number of carbonyl (C=O) groups excluding carboxylic acids is 2. The fourth-order valence-electron chi connectivity index (χ4n) is 4.46. The third kappa shape index (κ3) is 5.98. The van der Waals surface area contributed by atoms with Crippen LogP contribution in [-0.4, -0.2) is 38.1 Å². The van der Waals surface area contributed by atoms with Gasteiger partial charge in [-0.2, -0.15) is 0 Å². The maximum absolute atomic E-state index is 14.7. The van der Waals surface area contributed by atoms with Gasteiger partial charge in [-0.05, 0) is 55.4 Å². The largest absolute Gasteiger partial charge is 0.573 e. The Balaban J connectivity index is 1.54. The van der Waals surface area contributed by atoms with Gasteiger partial charge in [0.05, 0.1) is 18.1 Å². The predicted molar refractivity (Wildman–Crippen MR) is 133 cm³/mol. The zero-order valence-electron chi connectivity index (χ0n) is 20.6. The molecular formula is C27H27F4N3O4. The summed E-state index contributed by atoms with van der Waals surface area (Å²) in [6, 6.07) is 7.22. The molecule has 3 N–H and O–H groups in total. The highest BCUT2D eigenvalue weighted by Crippen LogP contribution is 2.50. The van der Waals surface area contributed by atoms with E-state index in [1.807, 2.05) is 0 Å². The minimum absolute atomic E-state index is 0.0408. The summed E-state index contributed by atoms with van der Waals surface area (Å²) in [5.41, 5.74) is -0.0512. The Morgan fingerprint density at radius 3 is 2.42 bits per heavy atom. The van der Waals surface area contributed by atoms with Crippen molar-refractivity contribution in [2.45, 2.75) is 43.9 Å². The lowest BCUT2D eigenvalue weighted by Crippen LogP contribution is -2.29. The number of carbonyl (C=O) groups is 2. The van der Waals surface area contributed by atoms with E-state index in [2.05, 4.69) is 15.4 Å². The number of nitrogens with one attached hydrogen (secondary N) is 3. The molecule has 1 amide bonds. The van der Waals surface area contributed by atoms with Gasteiger partial charge in [-0.1, -0.05) is 18.6 Å². The molecule has 0 bridgehead atoms. The first kappa shape index (κ1) is 27.2. The minimum Gasteiger partial charge on any atom is -0.465 e. The molecule has 0 aliphatic heterocycles. The highest BCUT2D eigenvalue weighted by Gasteiger charge is 2.53. The maximum atomic E-state index is 14.7. The van der Waals surface area contributed by atoms with Crippen molar-refractivity contribution in [3.8, 4) is 5.75 Å².